The molecule has 2 N–H and O–H groups in total. The predicted octanol–water partition coefficient (Wildman–Crippen LogP) is 4.31. The van der Waals surface area contributed by atoms with E-state index in [0.29, 0.717) is 0 Å². The summed E-state index contributed by atoms with van der Waals surface area (Å²) in [4.78, 5) is 0. The monoisotopic (exact) mass is 263 g/mol. The lowest BCUT2D eigenvalue weighted by atomic mass is 9.91. The lowest BCUT2D eigenvalue weighted by Gasteiger charge is -2.27. The van der Waals surface area contributed by atoms with Crippen molar-refractivity contribution < 1.29 is 0 Å². The minimum atomic E-state index is 0.188. The zero-order valence-corrected chi connectivity index (χ0v) is 12.4. The molecule has 1 aliphatic carbocycles. The average Bonchev–Trinajstić information content (AvgIpc) is 2.37. The minimum absolute atomic E-state index is 0.188. The van der Waals surface area contributed by atoms with Crippen LogP contribution < -0.4 is 5.73 Å². The summed E-state index contributed by atoms with van der Waals surface area (Å²) < 4.78 is 0. The first kappa shape index (κ1) is 14.0. The van der Waals surface area contributed by atoms with Gasteiger partial charge < -0.3 is 5.73 Å². The van der Waals surface area contributed by atoms with Crippen LogP contribution >= 0.6 is 11.8 Å². The second-order valence-electron chi connectivity index (χ2n) is 5.74. The molecular formula is C16H25NS. The summed E-state index contributed by atoms with van der Waals surface area (Å²) in [6.07, 6.45) is 5.58. The summed E-state index contributed by atoms with van der Waals surface area (Å²) in [5.74, 6) is 1.97. The second-order valence-corrected chi connectivity index (χ2v) is 7.08. The lowest BCUT2D eigenvalue weighted by molar-refractivity contribution is 0.394. The molecule has 3 atom stereocenters. The van der Waals surface area contributed by atoms with Crippen LogP contribution in [0.15, 0.2) is 24.3 Å². The fourth-order valence-electron chi connectivity index (χ4n) is 2.68. The number of hydrogen-bond acceptors (Lipinski definition) is 2. The van der Waals surface area contributed by atoms with E-state index in [1.165, 1.54) is 36.8 Å². The molecule has 2 rings (SSSR count). The van der Waals surface area contributed by atoms with Crippen molar-refractivity contribution in [2.75, 3.05) is 5.75 Å². The van der Waals surface area contributed by atoms with Crippen molar-refractivity contribution in [3.8, 4) is 0 Å². The van der Waals surface area contributed by atoms with Gasteiger partial charge in [0.2, 0.25) is 0 Å². The maximum atomic E-state index is 6.28. The quantitative estimate of drug-likeness (QED) is 0.876. The third kappa shape index (κ3) is 4.03. The molecule has 18 heavy (non-hydrogen) atoms. The Morgan fingerprint density at radius 2 is 2.00 bits per heavy atom. The Labute approximate surface area is 116 Å². The first-order valence-corrected chi connectivity index (χ1v) is 8.14. The van der Waals surface area contributed by atoms with Gasteiger partial charge in [0.25, 0.3) is 0 Å². The second kappa shape index (κ2) is 6.63. The fraction of sp³-hybridized carbons (Fsp3) is 0.625. The van der Waals surface area contributed by atoms with E-state index in [1.807, 2.05) is 0 Å². The first-order chi connectivity index (χ1) is 8.65. The molecule has 1 aromatic rings. The smallest absolute Gasteiger partial charge is 0.0386 e. The van der Waals surface area contributed by atoms with Crippen molar-refractivity contribution in [2.24, 2.45) is 11.7 Å². The van der Waals surface area contributed by atoms with Crippen LogP contribution in [0.5, 0.6) is 0 Å². The molecule has 0 heterocycles. The van der Waals surface area contributed by atoms with Crippen molar-refractivity contribution in [3.05, 3.63) is 35.4 Å². The number of rotatable bonds is 4. The summed E-state index contributed by atoms with van der Waals surface area (Å²) in [6, 6.07) is 8.84. The van der Waals surface area contributed by atoms with Crippen LogP contribution in [-0.2, 0) is 0 Å². The van der Waals surface area contributed by atoms with Crippen molar-refractivity contribution in [2.45, 2.75) is 50.8 Å². The van der Waals surface area contributed by atoms with Crippen LogP contribution in [0, 0.1) is 12.8 Å². The SMILES string of the molecule is Cc1ccc(C(N)CSC2CCCC(C)C2)cc1. The van der Waals surface area contributed by atoms with E-state index in [0.717, 1.165) is 16.9 Å². The van der Waals surface area contributed by atoms with Gasteiger partial charge in [0, 0.05) is 17.0 Å². The van der Waals surface area contributed by atoms with Gasteiger partial charge in [-0.2, -0.15) is 11.8 Å². The van der Waals surface area contributed by atoms with Crippen LogP contribution in [0.25, 0.3) is 0 Å². The topological polar surface area (TPSA) is 26.0 Å². The number of thioether (sulfide) groups is 1. The third-order valence-electron chi connectivity index (χ3n) is 3.91. The average molecular weight is 263 g/mol. The Bertz CT molecular complexity index is 360. The molecule has 1 aliphatic rings. The molecule has 1 nitrogen and oxygen atoms in total. The Kier molecular flexibility index (Phi) is 5.13. The van der Waals surface area contributed by atoms with E-state index in [4.69, 9.17) is 5.73 Å². The highest BCUT2D eigenvalue weighted by atomic mass is 32.2. The maximum absolute atomic E-state index is 6.28. The molecule has 100 valence electrons. The van der Waals surface area contributed by atoms with Crippen LogP contribution in [0.3, 0.4) is 0 Å². The number of hydrogen-bond donors (Lipinski definition) is 1. The zero-order valence-electron chi connectivity index (χ0n) is 11.6. The highest BCUT2D eigenvalue weighted by molar-refractivity contribution is 7.99. The van der Waals surface area contributed by atoms with E-state index in [-0.39, 0.29) is 6.04 Å². The van der Waals surface area contributed by atoms with Crippen LogP contribution in [0.2, 0.25) is 0 Å². The number of nitrogens with two attached hydrogens (primary N) is 1. The molecule has 3 unspecified atom stereocenters. The maximum Gasteiger partial charge on any atom is 0.0386 e. The molecule has 0 aliphatic heterocycles. The van der Waals surface area contributed by atoms with E-state index >= 15 is 0 Å². The van der Waals surface area contributed by atoms with E-state index in [9.17, 15) is 0 Å². The van der Waals surface area contributed by atoms with E-state index < -0.39 is 0 Å². The van der Waals surface area contributed by atoms with Gasteiger partial charge in [-0.05, 0) is 31.2 Å². The molecule has 0 amide bonds. The minimum Gasteiger partial charge on any atom is -0.323 e. The molecular weight excluding hydrogens is 238 g/mol. The van der Waals surface area contributed by atoms with E-state index in [1.54, 1.807) is 0 Å². The van der Waals surface area contributed by atoms with Crippen molar-refractivity contribution >= 4 is 11.8 Å². The normalized spacial score (nSPS) is 25.9. The van der Waals surface area contributed by atoms with E-state index in [2.05, 4.69) is 49.9 Å². The Hall–Kier alpha value is -0.470. The van der Waals surface area contributed by atoms with Gasteiger partial charge in [0.05, 0.1) is 0 Å². The standard InChI is InChI=1S/C16H25NS/c1-12-6-8-14(9-7-12)16(17)11-18-15-5-3-4-13(2)10-15/h6-9,13,15-16H,3-5,10-11,17H2,1-2H3. The van der Waals surface area contributed by atoms with Gasteiger partial charge >= 0.3 is 0 Å². The predicted molar refractivity (Wildman–Crippen MR) is 82.0 cm³/mol. The highest BCUT2D eigenvalue weighted by Crippen LogP contribution is 2.33. The fourth-order valence-corrected chi connectivity index (χ4v) is 4.15. The Balaban J connectivity index is 1.80. The van der Waals surface area contributed by atoms with Gasteiger partial charge in [0.15, 0.2) is 0 Å². The summed E-state index contributed by atoms with van der Waals surface area (Å²) >= 11 is 2.08. The molecule has 0 aromatic heterocycles. The van der Waals surface area contributed by atoms with Gasteiger partial charge in [0.1, 0.15) is 0 Å². The summed E-state index contributed by atoms with van der Waals surface area (Å²) in [5.41, 5.74) is 8.86. The molecule has 2 heteroatoms. The summed E-state index contributed by atoms with van der Waals surface area (Å²) in [5, 5.41) is 0.838. The van der Waals surface area contributed by atoms with Crippen molar-refractivity contribution in [1.29, 1.82) is 0 Å². The molecule has 1 fully saturated rings. The zero-order chi connectivity index (χ0) is 13.0. The largest absolute Gasteiger partial charge is 0.323 e. The number of aryl methyl sites for hydroxylation is 1. The molecule has 0 spiro atoms. The molecule has 1 saturated carbocycles. The van der Waals surface area contributed by atoms with Gasteiger partial charge in [-0.25, -0.2) is 0 Å². The lowest BCUT2D eigenvalue weighted by Crippen LogP contribution is -2.19. The summed E-state index contributed by atoms with van der Waals surface area (Å²) in [7, 11) is 0. The third-order valence-corrected chi connectivity index (χ3v) is 5.36. The van der Waals surface area contributed by atoms with Crippen molar-refractivity contribution in [3.63, 3.8) is 0 Å². The highest BCUT2D eigenvalue weighted by Gasteiger charge is 2.20. The number of benzene rings is 1. The molecule has 0 bridgehead atoms. The van der Waals surface area contributed by atoms with Crippen LogP contribution in [0.1, 0.15) is 49.8 Å². The van der Waals surface area contributed by atoms with Gasteiger partial charge in [-0.3, -0.25) is 0 Å². The van der Waals surface area contributed by atoms with Gasteiger partial charge in [-0.1, -0.05) is 49.6 Å². The van der Waals surface area contributed by atoms with Crippen LogP contribution in [-0.4, -0.2) is 11.0 Å². The van der Waals surface area contributed by atoms with Crippen molar-refractivity contribution in [1.82, 2.24) is 0 Å². The summed E-state index contributed by atoms with van der Waals surface area (Å²) in [6.45, 7) is 4.50. The van der Waals surface area contributed by atoms with Gasteiger partial charge in [-0.15, -0.1) is 0 Å². The Morgan fingerprint density at radius 3 is 2.67 bits per heavy atom. The first-order valence-electron chi connectivity index (χ1n) is 7.09. The Morgan fingerprint density at radius 1 is 1.28 bits per heavy atom. The van der Waals surface area contributed by atoms with Crippen LogP contribution in [0.4, 0.5) is 0 Å². The molecule has 0 saturated heterocycles. The molecule has 0 radical (unpaired) electrons. The molecule has 1 aromatic carbocycles.